The Bertz CT molecular complexity index is 1720. The summed E-state index contributed by atoms with van der Waals surface area (Å²) in [6.45, 7) is 6.70. The maximum Gasteiger partial charge on any atom is 0.252 e. The molecule has 10 nitrogen and oxygen atoms in total. The third-order valence-electron chi connectivity index (χ3n) is 8.12. The number of pyridine rings is 1. The normalized spacial score (nSPS) is 16.0. The minimum atomic E-state index is -1.08. The second-order valence-corrected chi connectivity index (χ2v) is 12.0. The summed E-state index contributed by atoms with van der Waals surface area (Å²) >= 11 is 1.23. The fourth-order valence-electron chi connectivity index (χ4n) is 5.60. The molecule has 2 aliphatic rings. The van der Waals surface area contributed by atoms with Crippen molar-refractivity contribution in [2.24, 2.45) is 0 Å². The van der Waals surface area contributed by atoms with Gasteiger partial charge in [-0.1, -0.05) is 48.1 Å². The molecule has 6 rings (SSSR count). The van der Waals surface area contributed by atoms with E-state index in [-0.39, 0.29) is 18.1 Å². The molecule has 3 aromatic heterocycles. The van der Waals surface area contributed by atoms with Gasteiger partial charge in [0.15, 0.2) is 5.13 Å². The molecule has 0 unspecified atom stereocenters. The highest BCUT2D eigenvalue weighted by molar-refractivity contribution is 7.16. The maximum atomic E-state index is 15.5. The summed E-state index contributed by atoms with van der Waals surface area (Å²) in [5.41, 5.74) is 4.20. The van der Waals surface area contributed by atoms with Crippen molar-refractivity contribution in [1.82, 2.24) is 24.4 Å². The van der Waals surface area contributed by atoms with Gasteiger partial charge in [0, 0.05) is 51.9 Å². The monoisotopic (exact) mass is 606 g/mol. The second kappa shape index (κ2) is 11.5. The number of fused-ring (bicyclic) bond motifs is 1. The molecule has 13 heteroatoms. The van der Waals surface area contributed by atoms with E-state index in [0.717, 1.165) is 15.6 Å². The van der Waals surface area contributed by atoms with Crippen LogP contribution in [0.15, 0.2) is 30.3 Å². The first-order valence-corrected chi connectivity index (χ1v) is 15.0. The van der Waals surface area contributed by atoms with Gasteiger partial charge in [0.25, 0.3) is 5.95 Å². The van der Waals surface area contributed by atoms with Crippen molar-refractivity contribution < 1.29 is 18.7 Å². The van der Waals surface area contributed by atoms with Gasteiger partial charge < -0.3 is 19.8 Å². The lowest BCUT2D eigenvalue weighted by molar-refractivity contribution is -0.142. The Morgan fingerprint density at radius 2 is 1.88 bits per heavy atom. The Kier molecular flexibility index (Phi) is 7.76. The van der Waals surface area contributed by atoms with Crippen LogP contribution in [0.4, 0.5) is 25.3 Å². The lowest BCUT2D eigenvalue weighted by atomic mass is 10.1. The largest absolute Gasteiger partial charge is 0.389 e. The molecule has 4 aromatic rings. The number of hydrogen-bond donors (Lipinski definition) is 1. The number of aliphatic hydroxyl groups is 1. The third-order valence-corrected chi connectivity index (χ3v) is 9.15. The third kappa shape index (κ3) is 5.30. The molecular weight excluding hydrogens is 574 g/mol. The summed E-state index contributed by atoms with van der Waals surface area (Å²) in [5.74, 6) is -2.09. The highest BCUT2D eigenvalue weighted by atomic mass is 32.1. The van der Waals surface area contributed by atoms with Crippen LogP contribution in [-0.4, -0.2) is 94.4 Å². The number of β-amino-alcohol motifs (C(OH)–C–C–N with tert-alkyl or cyclic N) is 1. The Balaban J connectivity index is 1.30. The zero-order valence-corrected chi connectivity index (χ0v) is 25.0. The molecule has 0 aliphatic carbocycles. The Morgan fingerprint density at radius 1 is 1.19 bits per heavy atom. The average Bonchev–Trinajstić information content (AvgIpc) is 3.60. The number of aliphatic hydroxyl groups excluding tert-OH is 1. The van der Waals surface area contributed by atoms with Crippen molar-refractivity contribution in [3.63, 3.8) is 0 Å². The number of aromatic nitrogens is 3. The molecule has 0 bridgehead atoms. The van der Waals surface area contributed by atoms with E-state index in [1.807, 2.05) is 43.0 Å². The molecule has 1 aromatic carbocycles. The van der Waals surface area contributed by atoms with Crippen LogP contribution in [0.1, 0.15) is 23.1 Å². The number of amides is 1. The summed E-state index contributed by atoms with van der Waals surface area (Å²) in [6, 6.07) is 11.7. The van der Waals surface area contributed by atoms with E-state index in [0.29, 0.717) is 78.3 Å². The second-order valence-electron chi connectivity index (χ2n) is 11.0. The number of likely N-dealkylation sites (tertiary alicyclic amines) is 1. The molecule has 2 saturated heterocycles. The zero-order valence-electron chi connectivity index (χ0n) is 24.2. The van der Waals surface area contributed by atoms with Gasteiger partial charge in [-0.25, -0.2) is 9.50 Å². The molecule has 2 aliphatic heterocycles. The molecule has 1 amide bonds. The first-order valence-electron chi connectivity index (χ1n) is 14.2. The van der Waals surface area contributed by atoms with Crippen molar-refractivity contribution in [2.45, 2.75) is 26.4 Å². The molecule has 224 valence electrons. The number of piperazine rings is 1. The molecule has 1 N–H and O–H groups in total. The molecule has 0 spiro atoms. The number of benzene rings is 1. The topological polar surface area (TPSA) is 104 Å². The van der Waals surface area contributed by atoms with E-state index >= 15 is 8.78 Å². The highest BCUT2D eigenvalue weighted by Gasteiger charge is 2.32. The molecular formula is C30H32F2N8O2S. The SMILES string of the molecule is CCc1nn2c(F)c(F)c(N3CCN(CC(=O)N4CC(O)C4)CC3)cc2c1N(C)c1nc(-c2ccc(C)cc2)c(C#N)s1. The average molecular weight is 607 g/mol. The van der Waals surface area contributed by atoms with Crippen LogP contribution in [0.2, 0.25) is 0 Å². The van der Waals surface area contributed by atoms with Crippen LogP contribution >= 0.6 is 11.3 Å². The lowest BCUT2D eigenvalue weighted by Crippen LogP contribution is -2.57. The smallest absolute Gasteiger partial charge is 0.252 e. The van der Waals surface area contributed by atoms with E-state index in [4.69, 9.17) is 4.98 Å². The van der Waals surface area contributed by atoms with Crippen LogP contribution < -0.4 is 9.80 Å². The first kappa shape index (κ1) is 29.0. The standard InChI is InChI=1S/C30H32F2N8O2S/c1-4-21-28(36(3)30-34-27(24(14-33)43-30)19-7-5-18(2)6-8-19)23-13-22(26(31)29(32)40(23)35-21)38-11-9-37(10-12-38)17-25(42)39-15-20(41)16-39/h5-8,13,20,41H,4,9-12,15-17H2,1-3H3. The van der Waals surface area contributed by atoms with E-state index in [1.165, 1.54) is 11.3 Å². The quantitative estimate of drug-likeness (QED) is 0.319. The molecule has 0 saturated carbocycles. The van der Waals surface area contributed by atoms with Crippen LogP contribution in [0, 0.1) is 30.0 Å². The van der Waals surface area contributed by atoms with Gasteiger partial charge in [-0.2, -0.15) is 19.1 Å². The van der Waals surface area contributed by atoms with Gasteiger partial charge in [-0.3, -0.25) is 9.69 Å². The van der Waals surface area contributed by atoms with E-state index < -0.39 is 17.9 Å². The van der Waals surface area contributed by atoms with Crippen LogP contribution in [0.5, 0.6) is 0 Å². The lowest BCUT2D eigenvalue weighted by Gasteiger charge is -2.39. The Labute approximate surface area is 252 Å². The van der Waals surface area contributed by atoms with E-state index in [9.17, 15) is 15.2 Å². The summed E-state index contributed by atoms with van der Waals surface area (Å²) in [7, 11) is 1.79. The summed E-state index contributed by atoms with van der Waals surface area (Å²) in [4.78, 5) is 24.9. The summed E-state index contributed by atoms with van der Waals surface area (Å²) in [5, 5.41) is 24.3. The zero-order chi connectivity index (χ0) is 30.4. The first-order chi connectivity index (χ1) is 20.7. The number of aryl methyl sites for hydroxylation is 2. The van der Waals surface area contributed by atoms with Crippen LogP contribution in [0.3, 0.4) is 0 Å². The number of thiazole rings is 1. The van der Waals surface area contributed by atoms with E-state index in [2.05, 4.69) is 11.2 Å². The fourth-order valence-corrected chi connectivity index (χ4v) is 6.46. The fraction of sp³-hybridized carbons (Fsp3) is 0.400. The molecule has 0 atom stereocenters. The Hall–Kier alpha value is -4.12. The van der Waals surface area contributed by atoms with Gasteiger partial charge in [-0.05, 0) is 19.4 Å². The number of rotatable bonds is 7. The number of carbonyl (C=O) groups is 1. The van der Waals surface area contributed by atoms with Crippen LogP contribution in [-0.2, 0) is 11.2 Å². The highest BCUT2D eigenvalue weighted by Crippen LogP contribution is 2.40. The van der Waals surface area contributed by atoms with E-state index in [1.54, 1.807) is 27.8 Å². The number of hydrogen-bond acceptors (Lipinski definition) is 9. The number of carbonyl (C=O) groups excluding carboxylic acids is 1. The van der Waals surface area contributed by atoms with Crippen molar-refractivity contribution >= 4 is 39.3 Å². The molecule has 0 radical (unpaired) electrons. The molecule has 5 heterocycles. The van der Waals surface area contributed by atoms with Crippen molar-refractivity contribution in [2.75, 3.05) is 62.7 Å². The predicted molar refractivity (Wildman–Crippen MR) is 161 cm³/mol. The minimum Gasteiger partial charge on any atom is -0.389 e. The number of anilines is 3. The number of nitriles is 1. The summed E-state index contributed by atoms with van der Waals surface area (Å²) in [6.07, 6.45) is 0.0216. The number of halogens is 2. The summed E-state index contributed by atoms with van der Waals surface area (Å²) < 4.78 is 32.0. The predicted octanol–water partition coefficient (Wildman–Crippen LogP) is 3.57. The maximum absolute atomic E-state index is 15.5. The number of nitrogens with zero attached hydrogens (tertiary/aromatic N) is 8. The van der Waals surface area contributed by atoms with Gasteiger partial charge >= 0.3 is 0 Å². The van der Waals surface area contributed by atoms with Crippen molar-refractivity contribution in [3.8, 4) is 17.3 Å². The van der Waals surface area contributed by atoms with Gasteiger partial charge in [0.1, 0.15) is 16.6 Å². The Morgan fingerprint density at radius 3 is 2.51 bits per heavy atom. The van der Waals surface area contributed by atoms with Crippen LogP contribution in [0.25, 0.3) is 16.8 Å². The van der Waals surface area contributed by atoms with Gasteiger partial charge in [-0.15, -0.1) is 0 Å². The molecule has 2 fully saturated rings. The van der Waals surface area contributed by atoms with Gasteiger partial charge in [0.2, 0.25) is 11.7 Å². The molecule has 43 heavy (non-hydrogen) atoms. The minimum absolute atomic E-state index is 0.0382. The van der Waals surface area contributed by atoms with Crippen molar-refractivity contribution in [1.29, 1.82) is 5.26 Å². The van der Waals surface area contributed by atoms with Crippen molar-refractivity contribution in [3.05, 3.63) is 58.2 Å². The van der Waals surface area contributed by atoms with Gasteiger partial charge in [0.05, 0.1) is 35.2 Å².